The molecule has 4 heteroatoms. The molecule has 88 valence electrons. The van der Waals surface area contributed by atoms with E-state index in [2.05, 4.69) is 4.90 Å². The molecule has 1 aromatic rings. The van der Waals surface area contributed by atoms with Crippen LogP contribution < -0.4 is 15.4 Å². The quantitative estimate of drug-likeness (QED) is 0.852. The highest BCUT2D eigenvalue weighted by Gasteiger charge is 2.17. The molecule has 2 rings (SSSR count). The Hall–Kier alpha value is -1.29. The molecule has 0 fully saturated rings. The molecule has 1 unspecified atom stereocenters. The number of alkyl halides is 1. The third-order valence-electron chi connectivity index (χ3n) is 2.86. The van der Waals surface area contributed by atoms with Crippen LogP contribution in [0.25, 0.3) is 0 Å². The zero-order valence-corrected chi connectivity index (χ0v) is 9.45. The monoisotopic (exact) mass is 224 g/mol. The minimum atomic E-state index is -0.981. The molecule has 1 atom stereocenters. The summed E-state index contributed by atoms with van der Waals surface area (Å²) in [5, 5.41) is 0. The summed E-state index contributed by atoms with van der Waals surface area (Å²) in [5.41, 5.74) is 7.00. The highest BCUT2D eigenvalue weighted by Crippen LogP contribution is 2.34. The molecule has 16 heavy (non-hydrogen) atoms. The zero-order valence-electron chi connectivity index (χ0n) is 9.45. The van der Waals surface area contributed by atoms with Gasteiger partial charge in [-0.15, -0.1) is 0 Å². The van der Waals surface area contributed by atoms with Crippen LogP contribution in [0.2, 0.25) is 0 Å². The van der Waals surface area contributed by atoms with Gasteiger partial charge < -0.3 is 15.4 Å². The van der Waals surface area contributed by atoms with Crippen molar-refractivity contribution in [3.05, 3.63) is 23.8 Å². The van der Waals surface area contributed by atoms with Gasteiger partial charge in [-0.05, 0) is 30.7 Å². The van der Waals surface area contributed by atoms with E-state index >= 15 is 0 Å². The summed E-state index contributed by atoms with van der Waals surface area (Å²) < 4.78 is 19.2. The first kappa shape index (κ1) is 11.2. The van der Waals surface area contributed by atoms with E-state index < -0.39 is 6.17 Å². The molecular formula is C12H17FN2O. The van der Waals surface area contributed by atoms with Crippen molar-refractivity contribution in [1.29, 1.82) is 0 Å². The van der Waals surface area contributed by atoms with Crippen LogP contribution in [0.4, 0.5) is 10.1 Å². The molecule has 0 saturated carbocycles. The van der Waals surface area contributed by atoms with Gasteiger partial charge >= 0.3 is 0 Å². The molecule has 0 bridgehead atoms. The van der Waals surface area contributed by atoms with E-state index in [1.54, 1.807) is 6.07 Å². The number of likely N-dealkylation sites (N-methyl/N-ethyl adjacent to an activating group) is 1. The minimum absolute atomic E-state index is 0.364. The maximum absolute atomic E-state index is 13.7. The Balaban J connectivity index is 2.26. The topological polar surface area (TPSA) is 38.5 Å². The van der Waals surface area contributed by atoms with Gasteiger partial charge in [0.05, 0.1) is 12.2 Å². The number of hydrogen-bond donors (Lipinski definition) is 1. The molecule has 1 heterocycles. The molecule has 3 nitrogen and oxygen atoms in total. The summed E-state index contributed by atoms with van der Waals surface area (Å²) in [7, 11) is 1.99. The van der Waals surface area contributed by atoms with Gasteiger partial charge in [-0.1, -0.05) is 6.07 Å². The first-order valence-corrected chi connectivity index (χ1v) is 5.54. The third kappa shape index (κ3) is 2.11. The van der Waals surface area contributed by atoms with Crippen LogP contribution in [0.3, 0.4) is 0 Å². The molecule has 0 amide bonds. The molecule has 0 radical (unpaired) electrons. The Labute approximate surface area is 95.0 Å². The number of anilines is 1. The molecule has 0 aliphatic carbocycles. The summed E-state index contributed by atoms with van der Waals surface area (Å²) in [6, 6.07) is 5.47. The first-order valence-electron chi connectivity index (χ1n) is 5.54. The van der Waals surface area contributed by atoms with Crippen molar-refractivity contribution < 1.29 is 9.13 Å². The second-order valence-electron chi connectivity index (χ2n) is 4.04. The number of benzene rings is 1. The van der Waals surface area contributed by atoms with Crippen LogP contribution in [0.1, 0.15) is 18.2 Å². The Morgan fingerprint density at radius 2 is 2.38 bits per heavy atom. The van der Waals surface area contributed by atoms with Gasteiger partial charge in [-0.3, -0.25) is 0 Å². The van der Waals surface area contributed by atoms with Crippen LogP contribution in [0, 0.1) is 0 Å². The number of fused-ring (bicyclic) bond motifs is 1. The molecule has 1 aromatic carbocycles. The normalized spacial score (nSPS) is 16.6. The second kappa shape index (κ2) is 4.70. The SMILES string of the molecule is CN1CCOc2ccc(C(F)CCN)cc21. The zero-order chi connectivity index (χ0) is 11.5. The van der Waals surface area contributed by atoms with Gasteiger partial charge in [-0.25, -0.2) is 4.39 Å². The predicted octanol–water partition coefficient (Wildman–Crippen LogP) is 1.87. The average molecular weight is 224 g/mol. The van der Waals surface area contributed by atoms with Gasteiger partial charge in [0.2, 0.25) is 0 Å². The van der Waals surface area contributed by atoms with Gasteiger partial charge in [0.25, 0.3) is 0 Å². The van der Waals surface area contributed by atoms with Crippen molar-refractivity contribution in [1.82, 2.24) is 0 Å². The van der Waals surface area contributed by atoms with Gasteiger partial charge in [0.15, 0.2) is 0 Å². The number of nitrogens with zero attached hydrogens (tertiary/aromatic N) is 1. The van der Waals surface area contributed by atoms with Crippen LogP contribution >= 0.6 is 0 Å². The van der Waals surface area contributed by atoms with E-state index in [0.29, 0.717) is 25.1 Å². The summed E-state index contributed by atoms with van der Waals surface area (Å²) in [6.07, 6.45) is -0.616. The van der Waals surface area contributed by atoms with Crippen LogP contribution in [-0.2, 0) is 0 Å². The molecule has 1 aliphatic heterocycles. The Morgan fingerprint density at radius 1 is 1.56 bits per heavy atom. The number of ether oxygens (including phenoxy) is 1. The predicted molar refractivity (Wildman–Crippen MR) is 62.7 cm³/mol. The largest absolute Gasteiger partial charge is 0.490 e. The molecule has 0 spiro atoms. The number of nitrogens with two attached hydrogens (primary N) is 1. The smallest absolute Gasteiger partial charge is 0.142 e. The highest BCUT2D eigenvalue weighted by molar-refractivity contribution is 5.61. The van der Waals surface area contributed by atoms with Crippen molar-refractivity contribution in [2.45, 2.75) is 12.6 Å². The maximum Gasteiger partial charge on any atom is 0.142 e. The molecule has 1 aliphatic rings. The van der Waals surface area contributed by atoms with Crippen LogP contribution in [-0.4, -0.2) is 26.7 Å². The van der Waals surface area contributed by atoms with E-state index in [-0.39, 0.29) is 0 Å². The molecule has 2 N–H and O–H groups in total. The van der Waals surface area contributed by atoms with E-state index in [0.717, 1.165) is 18.0 Å². The van der Waals surface area contributed by atoms with Crippen molar-refractivity contribution in [3.63, 3.8) is 0 Å². The van der Waals surface area contributed by atoms with Gasteiger partial charge in [0, 0.05) is 7.05 Å². The van der Waals surface area contributed by atoms with E-state index in [9.17, 15) is 4.39 Å². The van der Waals surface area contributed by atoms with Crippen molar-refractivity contribution in [3.8, 4) is 5.75 Å². The lowest BCUT2D eigenvalue weighted by molar-refractivity contribution is 0.308. The summed E-state index contributed by atoms with van der Waals surface area (Å²) in [5.74, 6) is 0.831. The van der Waals surface area contributed by atoms with Crippen LogP contribution in [0.5, 0.6) is 5.75 Å². The Morgan fingerprint density at radius 3 is 3.12 bits per heavy atom. The van der Waals surface area contributed by atoms with E-state index in [4.69, 9.17) is 10.5 Å². The fraction of sp³-hybridized carbons (Fsp3) is 0.500. The third-order valence-corrected chi connectivity index (χ3v) is 2.86. The molecule has 0 aromatic heterocycles. The number of halogens is 1. The first-order chi connectivity index (χ1) is 7.72. The van der Waals surface area contributed by atoms with Gasteiger partial charge in [0.1, 0.15) is 18.5 Å². The minimum Gasteiger partial charge on any atom is -0.490 e. The lowest BCUT2D eigenvalue weighted by atomic mass is 10.1. The second-order valence-corrected chi connectivity index (χ2v) is 4.04. The molecular weight excluding hydrogens is 207 g/mol. The fourth-order valence-electron chi connectivity index (χ4n) is 1.88. The van der Waals surface area contributed by atoms with Gasteiger partial charge in [-0.2, -0.15) is 0 Å². The standard InChI is InChI=1S/C12H17FN2O/c1-15-6-7-16-12-3-2-9(8-11(12)15)10(13)4-5-14/h2-3,8,10H,4-7,14H2,1H3. The Kier molecular flexibility index (Phi) is 3.29. The lowest BCUT2D eigenvalue weighted by Crippen LogP contribution is -2.28. The van der Waals surface area contributed by atoms with E-state index in [1.165, 1.54) is 0 Å². The fourth-order valence-corrected chi connectivity index (χ4v) is 1.88. The lowest BCUT2D eigenvalue weighted by Gasteiger charge is -2.28. The van der Waals surface area contributed by atoms with E-state index in [1.807, 2.05) is 19.2 Å². The molecule has 0 saturated heterocycles. The summed E-state index contributed by atoms with van der Waals surface area (Å²) >= 11 is 0. The van der Waals surface area contributed by atoms with Crippen molar-refractivity contribution in [2.75, 3.05) is 31.6 Å². The van der Waals surface area contributed by atoms with Crippen molar-refractivity contribution in [2.24, 2.45) is 5.73 Å². The number of hydrogen-bond acceptors (Lipinski definition) is 3. The highest BCUT2D eigenvalue weighted by atomic mass is 19.1. The summed E-state index contributed by atoms with van der Waals surface area (Å²) in [4.78, 5) is 2.08. The summed E-state index contributed by atoms with van der Waals surface area (Å²) in [6.45, 7) is 1.89. The maximum atomic E-state index is 13.7. The number of rotatable bonds is 3. The average Bonchev–Trinajstić information content (AvgIpc) is 2.29. The Bertz CT molecular complexity index is 370. The van der Waals surface area contributed by atoms with Crippen molar-refractivity contribution >= 4 is 5.69 Å². The van der Waals surface area contributed by atoms with Crippen LogP contribution in [0.15, 0.2) is 18.2 Å².